The van der Waals surface area contributed by atoms with E-state index < -0.39 is 10.0 Å². The molecule has 6 heteroatoms. The first-order valence-corrected chi connectivity index (χ1v) is 8.93. The van der Waals surface area contributed by atoms with E-state index >= 15 is 0 Å². The number of benzene rings is 1. The van der Waals surface area contributed by atoms with Gasteiger partial charge in [-0.3, -0.25) is 0 Å². The Balaban J connectivity index is 2.11. The highest BCUT2D eigenvalue weighted by molar-refractivity contribution is 7.88. The molecule has 0 aliphatic carbocycles. The first kappa shape index (κ1) is 15.2. The monoisotopic (exact) mass is 311 g/mol. The number of rotatable bonds is 6. The van der Waals surface area contributed by atoms with E-state index in [0.29, 0.717) is 0 Å². The van der Waals surface area contributed by atoms with Crippen molar-refractivity contribution in [2.45, 2.75) is 6.10 Å². The maximum absolute atomic E-state index is 11.1. The molecule has 0 saturated heterocycles. The third-order valence-corrected chi connectivity index (χ3v) is 4.33. The van der Waals surface area contributed by atoms with Crippen molar-refractivity contribution in [1.29, 1.82) is 0 Å². The van der Waals surface area contributed by atoms with Gasteiger partial charge in [-0.1, -0.05) is 24.3 Å². The van der Waals surface area contributed by atoms with E-state index in [4.69, 9.17) is 4.74 Å². The Labute approximate surface area is 123 Å². The SMILES string of the molecule is COC(CNS(C)(=O)=O)c1ccc(-c2ccsc2)cc1. The zero-order valence-corrected chi connectivity index (χ0v) is 13.0. The fourth-order valence-corrected chi connectivity index (χ4v) is 3.00. The van der Waals surface area contributed by atoms with Crippen molar-refractivity contribution >= 4 is 21.4 Å². The third kappa shape index (κ3) is 4.14. The standard InChI is InChI=1S/C14H17NO3S2/c1-18-14(9-15-20(2,16)17)12-5-3-11(4-6-12)13-7-8-19-10-13/h3-8,10,14-15H,9H2,1-2H3. The quantitative estimate of drug-likeness (QED) is 0.892. The van der Waals surface area contributed by atoms with Gasteiger partial charge in [0, 0.05) is 13.7 Å². The van der Waals surface area contributed by atoms with Gasteiger partial charge >= 0.3 is 0 Å². The van der Waals surface area contributed by atoms with Gasteiger partial charge in [-0.2, -0.15) is 11.3 Å². The molecule has 2 aromatic rings. The molecule has 2 rings (SSSR count). The van der Waals surface area contributed by atoms with Gasteiger partial charge in [-0.05, 0) is 33.5 Å². The molecule has 20 heavy (non-hydrogen) atoms. The van der Waals surface area contributed by atoms with Gasteiger partial charge in [0.2, 0.25) is 10.0 Å². The van der Waals surface area contributed by atoms with Crippen molar-refractivity contribution < 1.29 is 13.2 Å². The first-order valence-electron chi connectivity index (χ1n) is 6.09. The van der Waals surface area contributed by atoms with Crippen LogP contribution in [-0.2, 0) is 14.8 Å². The maximum Gasteiger partial charge on any atom is 0.208 e. The molecule has 1 aromatic carbocycles. The number of ether oxygens (including phenoxy) is 1. The molecule has 0 fully saturated rings. The van der Waals surface area contributed by atoms with Crippen LogP contribution in [0.15, 0.2) is 41.1 Å². The van der Waals surface area contributed by atoms with E-state index in [1.807, 2.05) is 29.6 Å². The van der Waals surface area contributed by atoms with Crippen LogP contribution in [0.1, 0.15) is 11.7 Å². The summed E-state index contributed by atoms with van der Waals surface area (Å²) in [7, 11) is -1.64. The lowest BCUT2D eigenvalue weighted by molar-refractivity contribution is 0.107. The van der Waals surface area contributed by atoms with Crippen molar-refractivity contribution in [3.63, 3.8) is 0 Å². The zero-order chi connectivity index (χ0) is 14.6. The molecule has 0 radical (unpaired) electrons. The number of methoxy groups -OCH3 is 1. The van der Waals surface area contributed by atoms with E-state index in [1.54, 1.807) is 18.4 Å². The number of thiophene rings is 1. The minimum absolute atomic E-state index is 0.229. The lowest BCUT2D eigenvalue weighted by Gasteiger charge is -2.16. The molecule has 0 saturated carbocycles. The van der Waals surface area contributed by atoms with Gasteiger partial charge < -0.3 is 4.74 Å². The molecule has 0 spiro atoms. The van der Waals surface area contributed by atoms with Gasteiger partial charge in [-0.25, -0.2) is 13.1 Å². The second kappa shape index (κ2) is 6.49. The van der Waals surface area contributed by atoms with Crippen LogP contribution in [0.25, 0.3) is 11.1 Å². The number of sulfonamides is 1. The maximum atomic E-state index is 11.1. The summed E-state index contributed by atoms with van der Waals surface area (Å²) in [5.74, 6) is 0. The summed E-state index contributed by atoms with van der Waals surface area (Å²) in [5.41, 5.74) is 3.27. The highest BCUT2D eigenvalue weighted by Gasteiger charge is 2.13. The molecular formula is C14H17NO3S2. The van der Waals surface area contributed by atoms with E-state index in [1.165, 1.54) is 5.56 Å². The van der Waals surface area contributed by atoms with E-state index in [9.17, 15) is 8.42 Å². The van der Waals surface area contributed by atoms with Crippen LogP contribution in [0.4, 0.5) is 0 Å². The molecule has 0 aliphatic heterocycles. The second-order valence-corrected chi connectivity index (χ2v) is 7.09. The lowest BCUT2D eigenvalue weighted by Crippen LogP contribution is -2.28. The summed E-state index contributed by atoms with van der Waals surface area (Å²) < 4.78 is 30.1. The predicted octanol–water partition coefficient (Wildman–Crippen LogP) is 2.65. The van der Waals surface area contributed by atoms with Crippen LogP contribution in [0, 0.1) is 0 Å². The van der Waals surface area contributed by atoms with Gasteiger partial charge in [0.1, 0.15) is 0 Å². The zero-order valence-electron chi connectivity index (χ0n) is 11.4. The number of hydrogen-bond acceptors (Lipinski definition) is 4. The Morgan fingerprint density at radius 1 is 1.20 bits per heavy atom. The van der Waals surface area contributed by atoms with Crippen LogP contribution in [0.2, 0.25) is 0 Å². The van der Waals surface area contributed by atoms with Crippen molar-refractivity contribution in [3.05, 3.63) is 46.7 Å². The van der Waals surface area contributed by atoms with Crippen molar-refractivity contribution in [2.24, 2.45) is 0 Å². The van der Waals surface area contributed by atoms with Crippen LogP contribution >= 0.6 is 11.3 Å². The predicted molar refractivity (Wildman–Crippen MR) is 82.4 cm³/mol. The van der Waals surface area contributed by atoms with Crippen molar-refractivity contribution in [3.8, 4) is 11.1 Å². The molecule has 0 amide bonds. The van der Waals surface area contributed by atoms with Gasteiger partial charge in [0.25, 0.3) is 0 Å². The molecule has 1 unspecified atom stereocenters. The van der Waals surface area contributed by atoms with E-state index in [-0.39, 0.29) is 12.6 Å². The average Bonchev–Trinajstić information content (AvgIpc) is 2.93. The summed E-state index contributed by atoms with van der Waals surface area (Å²) in [6.45, 7) is 0.229. The van der Waals surface area contributed by atoms with Crippen LogP contribution in [0.5, 0.6) is 0 Å². The number of hydrogen-bond donors (Lipinski definition) is 1. The molecule has 0 aliphatic rings. The van der Waals surface area contributed by atoms with Crippen LogP contribution < -0.4 is 4.72 Å². The van der Waals surface area contributed by atoms with Gasteiger partial charge in [0.15, 0.2) is 0 Å². The Bertz CT molecular complexity index is 634. The fraction of sp³-hybridized carbons (Fsp3) is 0.286. The molecule has 4 nitrogen and oxygen atoms in total. The van der Waals surface area contributed by atoms with Crippen LogP contribution in [-0.4, -0.2) is 28.3 Å². The normalized spacial score (nSPS) is 13.3. The summed E-state index contributed by atoms with van der Waals surface area (Å²) in [5, 5.41) is 4.13. The average molecular weight is 311 g/mol. The first-order chi connectivity index (χ1) is 9.49. The second-order valence-electron chi connectivity index (χ2n) is 4.48. The van der Waals surface area contributed by atoms with Crippen molar-refractivity contribution in [2.75, 3.05) is 19.9 Å². The molecule has 1 aromatic heterocycles. The molecule has 0 bridgehead atoms. The van der Waals surface area contributed by atoms with E-state index in [2.05, 4.69) is 16.2 Å². The third-order valence-electron chi connectivity index (χ3n) is 2.95. The summed E-state index contributed by atoms with van der Waals surface area (Å²) in [6.07, 6.45) is 0.848. The summed E-state index contributed by atoms with van der Waals surface area (Å²) in [6, 6.07) is 10.0. The van der Waals surface area contributed by atoms with Crippen molar-refractivity contribution in [1.82, 2.24) is 4.72 Å². The molecule has 1 atom stereocenters. The Morgan fingerprint density at radius 2 is 1.90 bits per heavy atom. The van der Waals surface area contributed by atoms with Crippen LogP contribution in [0.3, 0.4) is 0 Å². The van der Waals surface area contributed by atoms with Gasteiger partial charge in [-0.15, -0.1) is 0 Å². The molecule has 1 N–H and O–H groups in total. The largest absolute Gasteiger partial charge is 0.375 e. The fourth-order valence-electron chi connectivity index (χ4n) is 1.88. The minimum Gasteiger partial charge on any atom is -0.375 e. The Morgan fingerprint density at radius 3 is 2.40 bits per heavy atom. The Hall–Kier alpha value is -1.21. The summed E-state index contributed by atoms with van der Waals surface area (Å²) in [4.78, 5) is 0. The minimum atomic E-state index is -3.21. The Kier molecular flexibility index (Phi) is 4.93. The molecule has 108 valence electrons. The lowest BCUT2D eigenvalue weighted by atomic mass is 10.0. The molecule has 1 heterocycles. The smallest absolute Gasteiger partial charge is 0.208 e. The van der Waals surface area contributed by atoms with Gasteiger partial charge in [0.05, 0.1) is 12.4 Å². The molecular weight excluding hydrogens is 294 g/mol. The summed E-state index contributed by atoms with van der Waals surface area (Å²) >= 11 is 1.66. The number of nitrogens with one attached hydrogen (secondary N) is 1. The topological polar surface area (TPSA) is 55.4 Å². The van der Waals surface area contributed by atoms with E-state index in [0.717, 1.165) is 17.4 Å². The highest BCUT2D eigenvalue weighted by Crippen LogP contribution is 2.24. The highest BCUT2D eigenvalue weighted by atomic mass is 32.2.